The largest absolute Gasteiger partial charge is 0.480 e. The molecule has 8 heteroatoms. The van der Waals surface area contributed by atoms with Gasteiger partial charge in [0.1, 0.15) is 6.04 Å². The maximum absolute atomic E-state index is 12.7. The molecule has 0 spiro atoms. The quantitative estimate of drug-likeness (QED) is 0.838. The molecule has 21 heavy (non-hydrogen) atoms. The first-order chi connectivity index (χ1) is 9.66. The lowest BCUT2D eigenvalue weighted by Crippen LogP contribution is -2.54. The van der Waals surface area contributed by atoms with Crippen LogP contribution in [0.1, 0.15) is 33.1 Å². The molecule has 1 fully saturated rings. The summed E-state index contributed by atoms with van der Waals surface area (Å²) in [6, 6.07) is -1.83. The molecule has 0 aromatic heterocycles. The number of amides is 2. The monoisotopic (exact) mass is 310 g/mol. The number of urea groups is 1. The van der Waals surface area contributed by atoms with Crippen LogP contribution in [-0.4, -0.2) is 47.3 Å². The minimum absolute atomic E-state index is 0.000994. The van der Waals surface area contributed by atoms with Gasteiger partial charge < -0.3 is 15.3 Å². The standard InChI is InChI=1S/C13H21F3N2O3/c1-3-8(2)10(11(19)20)17-12(21)18-6-4-5-9(7-18)13(14,15)16/h8-10H,3-7H2,1-2H3,(H,17,21)(H,19,20). The fourth-order valence-electron chi connectivity index (χ4n) is 2.34. The molecule has 0 saturated carbocycles. The summed E-state index contributed by atoms with van der Waals surface area (Å²) in [5.74, 6) is -3.01. The van der Waals surface area contributed by atoms with Gasteiger partial charge in [-0.25, -0.2) is 9.59 Å². The summed E-state index contributed by atoms with van der Waals surface area (Å²) in [5.41, 5.74) is 0. The number of carboxylic acid groups (broad SMARTS) is 1. The van der Waals surface area contributed by atoms with E-state index in [1.807, 2.05) is 0 Å². The molecule has 0 aromatic rings. The lowest BCUT2D eigenvalue weighted by atomic mass is 9.97. The van der Waals surface area contributed by atoms with E-state index >= 15 is 0 Å². The zero-order valence-corrected chi connectivity index (χ0v) is 12.1. The summed E-state index contributed by atoms with van der Waals surface area (Å²) >= 11 is 0. The van der Waals surface area contributed by atoms with Gasteiger partial charge in [0.25, 0.3) is 0 Å². The Kier molecular flexibility index (Phi) is 5.86. The van der Waals surface area contributed by atoms with Crippen LogP contribution in [0.25, 0.3) is 0 Å². The highest BCUT2D eigenvalue weighted by Gasteiger charge is 2.43. The molecule has 1 heterocycles. The third-order valence-electron chi connectivity index (χ3n) is 3.93. The van der Waals surface area contributed by atoms with E-state index in [1.165, 1.54) is 0 Å². The number of likely N-dealkylation sites (tertiary alicyclic amines) is 1. The number of carbonyl (C=O) groups excluding carboxylic acids is 1. The SMILES string of the molecule is CCC(C)C(NC(=O)N1CCCC(C(F)(F)F)C1)C(=O)O. The predicted molar refractivity (Wildman–Crippen MR) is 69.8 cm³/mol. The third-order valence-corrected chi connectivity index (χ3v) is 3.93. The molecule has 1 aliphatic rings. The van der Waals surface area contributed by atoms with Gasteiger partial charge in [0, 0.05) is 13.1 Å². The van der Waals surface area contributed by atoms with Crippen molar-refractivity contribution >= 4 is 12.0 Å². The van der Waals surface area contributed by atoms with Crippen molar-refractivity contribution in [3.8, 4) is 0 Å². The second kappa shape index (κ2) is 7.00. The number of halogens is 3. The molecule has 5 nitrogen and oxygen atoms in total. The highest BCUT2D eigenvalue weighted by molar-refractivity contribution is 5.82. The van der Waals surface area contributed by atoms with E-state index < -0.39 is 36.7 Å². The van der Waals surface area contributed by atoms with E-state index in [9.17, 15) is 22.8 Å². The van der Waals surface area contributed by atoms with Gasteiger partial charge in [0.05, 0.1) is 5.92 Å². The van der Waals surface area contributed by atoms with Crippen LogP contribution < -0.4 is 5.32 Å². The molecule has 1 rings (SSSR count). The Morgan fingerprint density at radius 2 is 2.05 bits per heavy atom. The first-order valence-corrected chi connectivity index (χ1v) is 7.01. The van der Waals surface area contributed by atoms with Gasteiger partial charge in [-0.2, -0.15) is 13.2 Å². The van der Waals surface area contributed by atoms with Crippen LogP contribution in [0.2, 0.25) is 0 Å². The highest BCUT2D eigenvalue weighted by atomic mass is 19.4. The number of hydrogen-bond donors (Lipinski definition) is 2. The predicted octanol–water partition coefficient (Wildman–Crippen LogP) is 2.47. The minimum Gasteiger partial charge on any atom is -0.480 e. The van der Waals surface area contributed by atoms with Crippen LogP contribution in [0.3, 0.4) is 0 Å². The maximum atomic E-state index is 12.7. The van der Waals surface area contributed by atoms with E-state index in [4.69, 9.17) is 5.11 Å². The van der Waals surface area contributed by atoms with Crippen molar-refractivity contribution in [1.29, 1.82) is 0 Å². The van der Waals surface area contributed by atoms with Gasteiger partial charge in [-0.15, -0.1) is 0 Å². The van der Waals surface area contributed by atoms with Crippen molar-refractivity contribution in [2.75, 3.05) is 13.1 Å². The topological polar surface area (TPSA) is 69.6 Å². The molecule has 2 amide bonds. The Balaban J connectivity index is 2.67. The number of nitrogens with zero attached hydrogens (tertiary/aromatic N) is 1. The lowest BCUT2D eigenvalue weighted by Gasteiger charge is -2.34. The van der Waals surface area contributed by atoms with Gasteiger partial charge >= 0.3 is 18.2 Å². The number of nitrogens with one attached hydrogen (secondary N) is 1. The third kappa shape index (κ3) is 4.78. The summed E-state index contributed by atoms with van der Waals surface area (Å²) < 4.78 is 38.1. The minimum atomic E-state index is -4.33. The van der Waals surface area contributed by atoms with E-state index in [1.54, 1.807) is 13.8 Å². The molecule has 3 unspecified atom stereocenters. The molecule has 2 N–H and O–H groups in total. The van der Waals surface area contributed by atoms with Crippen molar-refractivity contribution in [2.24, 2.45) is 11.8 Å². The molecular formula is C13H21F3N2O3. The smallest absolute Gasteiger partial charge is 0.393 e. The Hall–Kier alpha value is -1.47. The van der Waals surface area contributed by atoms with Crippen molar-refractivity contribution in [2.45, 2.75) is 45.3 Å². The fourth-order valence-corrected chi connectivity index (χ4v) is 2.34. The number of carboxylic acids is 1. The Morgan fingerprint density at radius 1 is 1.43 bits per heavy atom. The normalized spacial score (nSPS) is 22.5. The summed E-state index contributed by atoms with van der Waals surface area (Å²) in [4.78, 5) is 24.2. The second-order valence-electron chi connectivity index (χ2n) is 5.48. The number of rotatable bonds is 4. The molecule has 1 saturated heterocycles. The highest BCUT2D eigenvalue weighted by Crippen LogP contribution is 2.33. The molecule has 0 aromatic carbocycles. The van der Waals surface area contributed by atoms with Crippen molar-refractivity contribution in [3.63, 3.8) is 0 Å². The van der Waals surface area contributed by atoms with Crippen molar-refractivity contribution in [3.05, 3.63) is 0 Å². The number of aliphatic carboxylic acids is 1. The van der Waals surface area contributed by atoms with Crippen LogP contribution in [0.5, 0.6) is 0 Å². The van der Waals surface area contributed by atoms with Crippen molar-refractivity contribution in [1.82, 2.24) is 10.2 Å². The van der Waals surface area contributed by atoms with Crippen LogP contribution in [0.15, 0.2) is 0 Å². The zero-order valence-electron chi connectivity index (χ0n) is 12.1. The van der Waals surface area contributed by atoms with Gasteiger partial charge in [-0.05, 0) is 18.8 Å². The van der Waals surface area contributed by atoms with E-state index in [0.29, 0.717) is 6.42 Å². The summed E-state index contributed by atoms with van der Waals surface area (Å²) in [6.45, 7) is 3.26. The van der Waals surface area contributed by atoms with Crippen molar-refractivity contribution < 1.29 is 27.9 Å². The molecule has 0 bridgehead atoms. The van der Waals surface area contributed by atoms with Gasteiger partial charge in [-0.1, -0.05) is 20.3 Å². The Morgan fingerprint density at radius 3 is 2.52 bits per heavy atom. The second-order valence-corrected chi connectivity index (χ2v) is 5.48. The number of carbonyl (C=O) groups is 2. The number of piperidine rings is 1. The van der Waals surface area contributed by atoms with Crippen LogP contribution in [0, 0.1) is 11.8 Å². The van der Waals surface area contributed by atoms with Gasteiger partial charge in [0.15, 0.2) is 0 Å². The van der Waals surface area contributed by atoms with E-state index in [2.05, 4.69) is 5.32 Å². The first kappa shape index (κ1) is 17.6. The zero-order chi connectivity index (χ0) is 16.2. The Labute approximate surface area is 121 Å². The number of hydrogen-bond acceptors (Lipinski definition) is 2. The molecule has 0 radical (unpaired) electrons. The molecule has 1 aliphatic heterocycles. The Bertz CT molecular complexity index is 387. The summed E-state index contributed by atoms with van der Waals surface area (Å²) in [7, 11) is 0. The fraction of sp³-hybridized carbons (Fsp3) is 0.846. The molecule has 122 valence electrons. The van der Waals surface area contributed by atoms with Gasteiger partial charge in [0.2, 0.25) is 0 Å². The number of alkyl halides is 3. The average Bonchev–Trinajstić information content (AvgIpc) is 2.42. The molecular weight excluding hydrogens is 289 g/mol. The maximum Gasteiger partial charge on any atom is 0.393 e. The van der Waals surface area contributed by atoms with Crippen LogP contribution in [-0.2, 0) is 4.79 Å². The van der Waals surface area contributed by atoms with E-state index in [-0.39, 0.29) is 25.3 Å². The molecule has 0 aliphatic carbocycles. The average molecular weight is 310 g/mol. The van der Waals surface area contributed by atoms with Crippen LogP contribution in [0.4, 0.5) is 18.0 Å². The summed E-state index contributed by atoms with van der Waals surface area (Å²) in [5, 5.41) is 11.4. The van der Waals surface area contributed by atoms with Crippen LogP contribution >= 0.6 is 0 Å². The lowest BCUT2D eigenvalue weighted by molar-refractivity contribution is -0.184. The molecule has 3 atom stereocenters. The first-order valence-electron chi connectivity index (χ1n) is 7.01. The summed E-state index contributed by atoms with van der Waals surface area (Å²) in [6.07, 6.45) is -3.52. The van der Waals surface area contributed by atoms with E-state index in [0.717, 1.165) is 4.90 Å². The van der Waals surface area contributed by atoms with Gasteiger partial charge in [-0.3, -0.25) is 0 Å².